The standard InChI is InChI=1S/C15H15N5O/c1-20(2)6-7-21-14-5-3-4-13(8-14)19-15(11-18)12(9-16)10-17/h3-5,8,19H,6-7H2,1-2H3. The third-order valence-corrected chi connectivity index (χ3v) is 2.50. The first-order valence-electron chi connectivity index (χ1n) is 6.20. The quantitative estimate of drug-likeness (QED) is 0.799. The van der Waals surface area contributed by atoms with Crippen LogP contribution in [0, 0.1) is 34.0 Å². The van der Waals surface area contributed by atoms with Crippen LogP contribution in [0.1, 0.15) is 0 Å². The minimum atomic E-state index is -0.253. The summed E-state index contributed by atoms with van der Waals surface area (Å²) in [6, 6.07) is 12.2. The van der Waals surface area contributed by atoms with Gasteiger partial charge in [0.2, 0.25) is 0 Å². The van der Waals surface area contributed by atoms with Gasteiger partial charge in [-0.2, -0.15) is 15.8 Å². The van der Waals surface area contributed by atoms with Crippen molar-refractivity contribution in [2.45, 2.75) is 0 Å². The predicted octanol–water partition coefficient (Wildman–Crippen LogP) is 1.86. The van der Waals surface area contributed by atoms with Crippen LogP contribution in [0.15, 0.2) is 35.5 Å². The molecule has 0 aromatic heterocycles. The Hall–Kier alpha value is -3.01. The van der Waals surface area contributed by atoms with Gasteiger partial charge in [0, 0.05) is 18.3 Å². The van der Waals surface area contributed by atoms with Crippen LogP contribution in [0.3, 0.4) is 0 Å². The van der Waals surface area contributed by atoms with Gasteiger partial charge in [0.1, 0.15) is 36.3 Å². The van der Waals surface area contributed by atoms with Gasteiger partial charge in [-0.05, 0) is 26.2 Å². The molecule has 6 heteroatoms. The molecule has 0 unspecified atom stereocenters. The molecule has 1 aromatic carbocycles. The summed E-state index contributed by atoms with van der Waals surface area (Å²) < 4.78 is 5.58. The maximum Gasteiger partial charge on any atom is 0.163 e. The van der Waals surface area contributed by atoms with E-state index in [4.69, 9.17) is 20.5 Å². The molecule has 0 spiro atoms. The average molecular weight is 281 g/mol. The smallest absolute Gasteiger partial charge is 0.163 e. The monoisotopic (exact) mass is 281 g/mol. The molecule has 1 N–H and O–H groups in total. The Morgan fingerprint density at radius 3 is 2.48 bits per heavy atom. The molecule has 1 aromatic rings. The molecule has 0 heterocycles. The van der Waals surface area contributed by atoms with Gasteiger partial charge in [0.25, 0.3) is 0 Å². The van der Waals surface area contributed by atoms with E-state index in [9.17, 15) is 0 Å². The van der Waals surface area contributed by atoms with Crippen molar-refractivity contribution in [1.82, 2.24) is 4.90 Å². The number of anilines is 1. The molecule has 0 aliphatic heterocycles. The fourth-order valence-corrected chi connectivity index (χ4v) is 1.44. The van der Waals surface area contributed by atoms with Crippen LogP contribution in [0.25, 0.3) is 0 Å². The number of hydrogen-bond donors (Lipinski definition) is 1. The van der Waals surface area contributed by atoms with Crippen molar-refractivity contribution in [3.63, 3.8) is 0 Å². The lowest BCUT2D eigenvalue weighted by atomic mass is 10.2. The zero-order chi connectivity index (χ0) is 15.7. The second-order valence-corrected chi connectivity index (χ2v) is 4.39. The Balaban J connectivity index is 2.82. The highest BCUT2D eigenvalue weighted by Crippen LogP contribution is 2.19. The lowest BCUT2D eigenvalue weighted by Gasteiger charge is -2.12. The third kappa shape index (κ3) is 5.24. The first-order valence-corrected chi connectivity index (χ1v) is 6.20. The molecule has 0 aliphatic carbocycles. The van der Waals surface area contributed by atoms with Crippen LogP contribution in [-0.2, 0) is 0 Å². The zero-order valence-corrected chi connectivity index (χ0v) is 11.9. The van der Waals surface area contributed by atoms with Gasteiger partial charge in [-0.1, -0.05) is 6.07 Å². The number of nitrogens with zero attached hydrogens (tertiary/aromatic N) is 4. The Bertz CT molecular complexity index is 627. The maximum atomic E-state index is 8.98. The summed E-state index contributed by atoms with van der Waals surface area (Å²) in [7, 11) is 3.91. The SMILES string of the molecule is CN(C)CCOc1cccc(NC(C#N)=C(C#N)C#N)c1. The van der Waals surface area contributed by atoms with E-state index in [1.807, 2.05) is 19.0 Å². The van der Waals surface area contributed by atoms with Crippen molar-refractivity contribution in [2.24, 2.45) is 0 Å². The number of allylic oxidation sites excluding steroid dienone is 2. The minimum absolute atomic E-state index is 0.0783. The van der Waals surface area contributed by atoms with Gasteiger partial charge in [-0.15, -0.1) is 0 Å². The average Bonchev–Trinajstić information content (AvgIpc) is 2.47. The molecule has 21 heavy (non-hydrogen) atoms. The summed E-state index contributed by atoms with van der Waals surface area (Å²) in [6.45, 7) is 1.33. The Morgan fingerprint density at radius 2 is 1.90 bits per heavy atom. The van der Waals surface area contributed by atoms with Crippen molar-refractivity contribution < 1.29 is 4.74 Å². The molecule has 0 radical (unpaired) electrons. The van der Waals surface area contributed by atoms with Crippen molar-refractivity contribution in [2.75, 3.05) is 32.6 Å². The maximum absolute atomic E-state index is 8.98. The number of rotatable bonds is 6. The number of benzene rings is 1. The normalized spacial score (nSPS) is 9.14. The molecular weight excluding hydrogens is 266 g/mol. The van der Waals surface area contributed by atoms with Crippen LogP contribution < -0.4 is 10.1 Å². The lowest BCUT2D eigenvalue weighted by Crippen LogP contribution is -2.19. The molecule has 0 saturated carbocycles. The first kappa shape index (κ1) is 16.0. The van der Waals surface area contributed by atoms with E-state index in [1.54, 1.807) is 42.5 Å². The number of nitriles is 3. The number of nitrogens with one attached hydrogen (secondary N) is 1. The molecule has 0 atom stereocenters. The Kier molecular flexibility index (Phi) is 6.28. The van der Waals surface area contributed by atoms with Crippen LogP contribution in [-0.4, -0.2) is 32.1 Å². The van der Waals surface area contributed by atoms with Crippen LogP contribution in [0.4, 0.5) is 5.69 Å². The molecule has 6 nitrogen and oxygen atoms in total. The van der Waals surface area contributed by atoms with E-state index in [0.29, 0.717) is 18.0 Å². The van der Waals surface area contributed by atoms with Crippen LogP contribution >= 0.6 is 0 Å². The van der Waals surface area contributed by atoms with Crippen molar-refractivity contribution in [3.8, 4) is 24.0 Å². The summed E-state index contributed by atoms with van der Waals surface area (Å²) in [4.78, 5) is 2.00. The fourth-order valence-electron chi connectivity index (χ4n) is 1.44. The van der Waals surface area contributed by atoms with Crippen molar-refractivity contribution in [3.05, 3.63) is 35.5 Å². The first-order chi connectivity index (χ1) is 10.1. The van der Waals surface area contributed by atoms with Crippen molar-refractivity contribution >= 4 is 5.69 Å². The van der Waals surface area contributed by atoms with Gasteiger partial charge >= 0.3 is 0 Å². The molecule has 0 fully saturated rings. The fraction of sp³-hybridized carbons (Fsp3) is 0.267. The number of hydrogen-bond acceptors (Lipinski definition) is 6. The Morgan fingerprint density at radius 1 is 1.19 bits per heavy atom. The highest BCUT2D eigenvalue weighted by atomic mass is 16.5. The second kappa shape index (κ2) is 8.22. The Labute approximate surface area is 124 Å². The summed E-state index contributed by atoms with van der Waals surface area (Å²) in [6.07, 6.45) is 0. The van der Waals surface area contributed by atoms with Gasteiger partial charge in [0.05, 0.1) is 0 Å². The largest absolute Gasteiger partial charge is 0.492 e. The number of likely N-dealkylation sites (N-methyl/N-ethyl adjacent to an activating group) is 1. The molecular formula is C15H15N5O. The number of ether oxygens (including phenoxy) is 1. The highest BCUT2D eigenvalue weighted by molar-refractivity contribution is 5.59. The van der Waals surface area contributed by atoms with Gasteiger partial charge in [0.15, 0.2) is 5.57 Å². The summed E-state index contributed by atoms with van der Waals surface area (Å²) in [5, 5.41) is 29.3. The van der Waals surface area contributed by atoms with Gasteiger partial charge < -0.3 is 15.0 Å². The molecule has 1 rings (SSSR count). The van der Waals surface area contributed by atoms with E-state index < -0.39 is 0 Å². The summed E-state index contributed by atoms with van der Waals surface area (Å²) in [5.41, 5.74) is 0.249. The van der Waals surface area contributed by atoms with Gasteiger partial charge in [-0.3, -0.25) is 0 Å². The molecule has 0 bridgehead atoms. The van der Waals surface area contributed by atoms with E-state index >= 15 is 0 Å². The van der Waals surface area contributed by atoms with Crippen molar-refractivity contribution in [1.29, 1.82) is 15.8 Å². The van der Waals surface area contributed by atoms with E-state index in [2.05, 4.69) is 5.32 Å². The lowest BCUT2D eigenvalue weighted by molar-refractivity contribution is 0.261. The van der Waals surface area contributed by atoms with Gasteiger partial charge in [-0.25, -0.2) is 0 Å². The topological polar surface area (TPSA) is 95.9 Å². The van der Waals surface area contributed by atoms with Crippen LogP contribution in [0.5, 0.6) is 5.75 Å². The predicted molar refractivity (Wildman–Crippen MR) is 78.0 cm³/mol. The molecule has 0 amide bonds. The van der Waals surface area contributed by atoms with E-state index in [0.717, 1.165) is 6.54 Å². The molecule has 0 aliphatic rings. The summed E-state index contributed by atoms with van der Waals surface area (Å²) >= 11 is 0. The van der Waals surface area contributed by atoms with E-state index in [-0.39, 0.29) is 11.3 Å². The minimum Gasteiger partial charge on any atom is -0.492 e. The highest BCUT2D eigenvalue weighted by Gasteiger charge is 2.06. The second-order valence-electron chi connectivity index (χ2n) is 4.39. The zero-order valence-electron chi connectivity index (χ0n) is 11.9. The third-order valence-electron chi connectivity index (χ3n) is 2.50. The summed E-state index contributed by atoms with van der Waals surface area (Å²) in [5.74, 6) is 0.648. The molecule has 106 valence electrons. The van der Waals surface area contributed by atoms with Crippen LogP contribution in [0.2, 0.25) is 0 Å². The molecule has 0 saturated heterocycles. The van der Waals surface area contributed by atoms with E-state index in [1.165, 1.54) is 0 Å².